The Hall–Kier alpha value is -3.60. The quantitative estimate of drug-likeness (QED) is 0.370. The van der Waals surface area contributed by atoms with Crippen molar-refractivity contribution in [3.8, 4) is 28.4 Å². The zero-order valence-electron chi connectivity index (χ0n) is 17.0. The second-order valence-corrected chi connectivity index (χ2v) is 6.92. The lowest BCUT2D eigenvalue weighted by Gasteiger charge is -2.14. The van der Waals surface area contributed by atoms with Crippen molar-refractivity contribution in [3.05, 3.63) is 78.9 Å². The molecule has 3 aromatic carbocycles. The van der Waals surface area contributed by atoms with Gasteiger partial charge in [0.05, 0.1) is 18.9 Å². The largest absolute Gasteiger partial charge is 0.487 e. The van der Waals surface area contributed by atoms with Crippen LogP contribution in [0.4, 0.5) is 0 Å². The van der Waals surface area contributed by atoms with Gasteiger partial charge in [0, 0.05) is 5.56 Å². The highest BCUT2D eigenvalue weighted by Gasteiger charge is 2.15. The van der Waals surface area contributed by atoms with Crippen molar-refractivity contribution in [2.75, 3.05) is 0 Å². The summed E-state index contributed by atoms with van der Waals surface area (Å²) in [6, 6.07) is 23.9. The summed E-state index contributed by atoms with van der Waals surface area (Å²) in [7, 11) is 0. The second kappa shape index (κ2) is 10.3. The molecule has 0 fully saturated rings. The zero-order valence-corrected chi connectivity index (χ0v) is 17.0. The van der Waals surface area contributed by atoms with Gasteiger partial charge in [0.25, 0.3) is 0 Å². The maximum atomic E-state index is 12.3. The fourth-order valence-electron chi connectivity index (χ4n) is 2.85. The summed E-state index contributed by atoms with van der Waals surface area (Å²) in [6.45, 7) is 3.78. The molecular weight excluding hydrogens is 380 g/mol. The number of para-hydroxylation sites is 3. The number of hydrogen-bond donors (Lipinski definition) is 0. The fraction of sp³-hybridized carbons (Fsp3) is 0.200. The second-order valence-electron chi connectivity index (χ2n) is 6.92. The van der Waals surface area contributed by atoms with Crippen LogP contribution in [0.5, 0.6) is 17.2 Å². The summed E-state index contributed by atoms with van der Waals surface area (Å²) in [5.41, 5.74) is 1.76. The minimum atomic E-state index is -0.525. The lowest BCUT2D eigenvalue weighted by molar-refractivity contribution is -0.140. The molecule has 0 saturated heterocycles. The van der Waals surface area contributed by atoms with Gasteiger partial charge >= 0.3 is 11.9 Å². The van der Waals surface area contributed by atoms with Crippen molar-refractivity contribution in [2.24, 2.45) is 0 Å². The number of rotatable bonds is 8. The Labute approximate surface area is 176 Å². The summed E-state index contributed by atoms with van der Waals surface area (Å²) in [5.74, 6) is 0.252. The van der Waals surface area contributed by atoms with Crippen LogP contribution in [0.3, 0.4) is 0 Å². The van der Waals surface area contributed by atoms with Gasteiger partial charge < -0.3 is 14.2 Å². The summed E-state index contributed by atoms with van der Waals surface area (Å²) in [4.78, 5) is 24.5. The van der Waals surface area contributed by atoms with Crippen LogP contribution in [0, 0.1) is 0 Å². The molecule has 0 radical (unpaired) electrons. The van der Waals surface area contributed by atoms with Crippen molar-refractivity contribution >= 4 is 11.9 Å². The van der Waals surface area contributed by atoms with Crippen LogP contribution < -0.4 is 14.2 Å². The van der Waals surface area contributed by atoms with E-state index in [1.807, 2.05) is 56.3 Å². The number of carbonyl (C=O) groups excluding carboxylic acids is 2. The van der Waals surface area contributed by atoms with Gasteiger partial charge in [-0.05, 0) is 37.6 Å². The van der Waals surface area contributed by atoms with Crippen LogP contribution in [0.1, 0.15) is 26.7 Å². The van der Waals surface area contributed by atoms with Gasteiger partial charge in [0.15, 0.2) is 11.5 Å². The molecule has 0 unspecified atom stereocenters. The zero-order chi connectivity index (χ0) is 21.3. The summed E-state index contributed by atoms with van der Waals surface area (Å²) in [6.07, 6.45) is -0.234. The van der Waals surface area contributed by atoms with E-state index in [9.17, 15) is 9.59 Å². The maximum Gasteiger partial charge on any atom is 0.311 e. The molecule has 0 aliphatic heterocycles. The van der Waals surface area contributed by atoms with Gasteiger partial charge in [-0.1, -0.05) is 60.7 Å². The Kier molecular flexibility index (Phi) is 7.22. The van der Waals surface area contributed by atoms with Crippen LogP contribution >= 0.6 is 0 Å². The first kappa shape index (κ1) is 21.1. The molecule has 0 aromatic heterocycles. The van der Waals surface area contributed by atoms with Gasteiger partial charge in [-0.2, -0.15) is 0 Å². The van der Waals surface area contributed by atoms with Crippen LogP contribution in [-0.4, -0.2) is 18.0 Å². The highest BCUT2D eigenvalue weighted by molar-refractivity contribution is 5.82. The third-order valence-corrected chi connectivity index (χ3v) is 4.16. The van der Waals surface area contributed by atoms with E-state index in [1.54, 1.807) is 36.4 Å². The number of carbonyl (C=O) groups is 2. The molecule has 0 spiro atoms. The summed E-state index contributed by atoms with van der Waals surface area (Å²) in [5, 5.41) is 0. The van der Waals surface area contributed by atoms with Crippen molar-refractivity contribution in [1.29, 1.82) is 0 Å². The molecule has 3 rings (SSSR count). The summed E-state index contributed by atoms with van der Waals surface area (Å²) >= 11 is 0. The van der Waals surface area contributed by atoms with Crippen LogP contribution in [0.2, 0.25) is 0 Å². The number of benzene rings is 3. The first-order chi connectivity index (χ1) is 14.5. The predicted molar refractivity (Wildman–Crippen MR) is 115 cm³/mol. The molecule has 0 N–H and O–H groups in total. The topological polar surface area (TPSA) is 61.8 Å². The average molecular weight is 404 g/mol. The molecule has 0 atom stereocenters. The van der Waals surface area contributed by atoms with Gasteiger partial charge in [0.2, 0.25) is 0 Å². The van der Waals surface area contributed by atoms with Crippen molar-refractivity contribution in [2.45, 2.75) is 32.8 Å². The van der Waals surface area contributed by atoms with E-state index >= 15 is 0 Å². The molecule has 3 aromatic rings. The molecule has 154 valence electrons. The van der Waals surface area contributed by atoms with Gasteiger partial charge in [-0.15, -0.1) is 0 Å². The smallest absolute Gasteiger partial charge is 0.311 e. The van der Waals surface area contributed by atoms with Gasteiger partial charge in [-0.25, -0.2) is 0 Å². The lowest BCUT2D eigenvalue weighted by atomic mass is 10.1. The fourth-order valence-corrected chi connectivity index (χ4v) is 2.85. The monoisotopic (exact) mass is 404 g/mol. The highest BCUT2D eigenvalue weighted by Crippen LogP contribution is 2.30. The molecule has 5 heteroatoms. The molecule has 0 aliphatic rings. The van der Waals surface area contributed by atoms with Gasteiger partial charge in [0.1, 0.15) is 5.75 Å². The number of esters is 2. The van der Waals surface area contributed by atoms with E-state index in [0.29, 0.717) is 17.2 Å². The minimum absolute atomic E-state index is 0.0514. The van der Waals surface area contributed by atoms with E-state index < -0.39 is 11.9 Å². The van der Waals surface area contributed by atoms with E-state index in [2.05, 4.69) is 0 Å². The predicted octanol–water partition coefficient (Wildman–Crippen LogP) is 5.43. The van der Waals surface area contributed by atoms with Crippen molar-refractivity contribution in [3.63, 3.8) is 0 Å². The molecule has 0 amide bonds. The average Bonchev–Trinajstić information content (AvgIpc) is 2.74. The standard InChI is InChI=1S/C25H24O5/c1-18(2)28-22-14-8-9-15-23(22)30-25(27)17-16-24(26)29-21-13-7-6-12-20(21)19-10-4-3-5-11-19/h3-15,18H,16-17H2,1-2H3. The van der Waals surface area contributed by atoms with E-state index in [4.69, 9.17) is 14.2 Å². The van der Waals surface area contributed by atoms with Crippen LogP contribution in [-0.2, 0) is 9.59 Å². The molecule has 5 nitrogen and oxygen atoms in total. The first-order valence-corrected chi connectivity index (χ1v) is 9.84. The van der Waals surface area contributed by atoms with E-state index in [1.165, 1.54) is 0 Å². The Balaban J connectivity index is 1.58. The normalized spacial score (nSPS) is 10.5. The Bertz CT molecular complexity index is 995. The molecule has 0 saturated carbocycles. The van der Waals surface area contributed by atoms with E-state index in [-0.39, 0.29) is 18.9 Å². The third kappa shape index (κ3) is 5.95. The molecular formula is C25H24O5. The molecule has 0 heterocycles. The molecule has 0 bridgehead atoms. The maximum absolute atomic E-state index is 12.3. The first-order valence-electron chi connectivity index (χ1n) is 9.84. The Morgan fingerprint density at radius 1 is 0.667 bits per heavy atom. The molecule has 30 heavy (non-hydrogen) atoms. The van der Waals surface area contributed by atoms with Crippen molar-refractivity contribution < 1.29 is 23.8 Å². The van der Waals surface area contributed by atoms with Crippen molar-refractivity contribution in [1.82, 2.24) is 0 Å². The minimum Gasteiger partial charge on any atom is -0.487 e. The lowest BCUT2D eigenvalue weighted by Crippen LogP contribution is -2.15. The third-order valence-electron chi connectivity index (χ3n) is 4.16. The van der Waals surface area contributed by atoms with Crippen LogP contribution in [0.15, 0.2) is 78.9 Å². The molecule has 0 aliphatic carbocycles. The number of hydrogen-bond acceptors (Lipinski definition) is 5. The van der Waals surface area contributed by atoms with Crippen LogP contribution in [0.25, 0.3) is 11.1 Å². The van der Waals surface area contributed by atoms with Gasteiger partial charge in [-0.3, -0.25) is 9.59 Å². The summed E-state index contributed by atoms with van der Waals surface area (Å²) < 4.78 is 16.5. The van der Waals surface area contributed by atoms with E-state index in [0.717, 1.165) is 11.1 Å². The SMILES string of the molecule is CC(C)Oc1ccccc1OC(=O)CCC(=O)Oc1ccccc1-c1ccccc1. The highest BCUT2D eigenvalue weighted by atomic mass is 16.6. The Morgan fingerprint density at radius 3 is 1.80 bits per heavy atom. The Morgan fingerprint density at radius 2 is 1.17 bits per heavy atom. The number of ether oxygens (including phenoxy) is 3.